The van der Waals surface area contributed by atoms with E-state index in [0.717, 1.165) is 18.7 Å². The zero-order chi connectivity index (χ0) is 14.4. The zero-order valence-electron chi connectivity index (χ0n) is 11.7. The minimum absolute atomic E-state index is 0.149. The van der Waals surface area contributed by atoms with Crippen LogP contribution in [0.2, 0.25) is 0 Å². The van der Waals surface area contributed by atoms with Gasteiger partial charge in [0.15, 0.2) is 0 Å². The van der Waals surface area contributed by atoms with Crippen molar-refractivity contribution in [2.45, 2.75) is 26.9 Å². The van der Waals surface area contributed by atoms with Crippen molar-refractivity contribution >= 4 is 5.95 Å². The molecule has 0 bridgehead atoms. The Morgan fingerprint density at radius 3 is 2.80 bits per heavy atom. The third-order valence-corrected chi connectivity index (χ3v) is 2.70. The number of aromatic nitrogens is 2. The fourth-order valence-electron chi connectivity index (χ4n) is 1.70. The van der Waals surface area contributed by atoms with Crippen molar-refractivity contribution in [1.82, 2.24) is 9.97 Å². The fraction of sp³-hybridized carbons (Fsp3) is 0.333. The Kier molecular flexibility index (Phi) is 4.87. The van der Waals surface area contributed by atoms with Gasteiger partial charge in [-0.2, -0.15) is 4.98 Å². The number of hydrogen-bond acceptors (Lipinski definition) is 4. The zero-order valence-corrected chi connectivity index (χ0v) is 11.7. The lowest BCUT2D eigenvalue weighted by atomic mass is 10.2. The van der Waals surface area contributed by atoms with E-state index in [-0.39, 0.29) is 12.4 Å². The second kappa shape index (κ2) is 6.84. The smallest absolute Gasteiger partial charge is 0.226 e. The van der Waals surface area contributed by atoms with Crippen molar-refractivity contribution < 1.29 is 9.13 Å². The van der Waals surface area contributed by atoms with E-state index in [1.54, 1.807) is 24.3 Å². The van der Waals surface area contributed by atoms with Gasteiger partial charge in [-0.3, -0.25) is 0 Å². The van der Waals surface area contributed by atoms with Crippen LogP contribution in [0.4, 0.5) is 10.3 Å². The first-order valence-corrected chi connectivity index (χ1v) is 6.65. The third-order valence-electron chi connectivity index (χ3n) is 2.70. The first-order valence-electron chi connectivity index (χ1n) is 6.65. The summed E-state index contributed by atoms with van der Waals surface area (Å²) in [5.41, 5.74) is 1.31. The number of nitrogens with one attached hydrogen (secondary N) is 1. The molecule has 0 saturated heterocycles. The molecule has 5 heteroatoms. The lowest BCUT2D eigenvalue weighted by Gasteiger charge is -2.09. The van der Waals surface area contributed by atoms with Crippen LogP contribution in [0.1, 0.15) is 24.6 Å². The molecule has 0 saturated carbocycles. The van der Waals surface area contributed by atoms with Crippen molar-refractivity contribution in [3.63, 3.8) is 0 Å². The van der Waals surface area contributed by atoms with E-state index in [1.165, 1.54) is 6.07 Å². The number of hydrogen-bond donors (Lipinski definition) is 1. The van der Waals surface area contributed by atoms with Crippen molar-refractivity contribution in [1.29, 1.82) is 0 Å². The van der Waals surface area contributed by atoms with Crippen LogP contribution in [0.15, 0.2) is 30.3 Å². The molecule has 0 aliphatic heterocycles. The third kappa shape index (κ3) is 3.91. The molecule has 20 heavy (non-hydrogen) atoms. The molecule has 0 radical (unpaired) electrons. The Bertz CT molecular complexity index is 575. The number of rotatable bonds is 6. The van der Waals surface area contributed by atoms with E-state index < -0.39 is 0 Å². The Hall–Kier alpha value is -2.17. The summed E-state index contributed by atoms with van der Waals surface area (Å²) >= 11 is 0. The van der Waals surface area contributed by atoms with Crippen molar-refractivity contribution in [2.75, 3.05) is 11.9 Å². The molecule has 2 rings (SSSR count). The van der Waals surface area contributed by atoms with Gasteiger partial charge in [0.25, 0.3) is 0 Å². The van der Waals surface area contributed by atoms with Crippen molar-refractivity contribution in [2.24, 2.45) is 0 Å². The predicted octanol–water partition coefficient (Wildman–Crippen LogP) is 3.33. The first-order chi connectivity index (χ1) is 9.69. The van der Waals surface area contributed by atoms with E-state index in [2.05, 4.69) is 22.2 Å². The summed E-state index contributed by atoms with van der Waals surface area (Å²) in [6.45, 7) is 4.89. The maximum absolute atomic E-state index is 13.5. The molecule has 1 N–H and O–H groups in total. The molecule has 0 fully saturated rings. The summed E-state index contributed by atoms with van der Waals surface area (Å²) in [7, 11) is 0. The molecule has 106 valence electrons. The number of ether oxygens (including phenoxy) is 1. The Balaban J connectivity index is 2.05. The summed E-state index contributed by atoms with van der Waals surface area (Å²) in [6, 6.07) is 8.28. The maximum atomic E-state index is 13.5. The maximum Gasteiger partial charge on any atom is 0.226 e. The van der Waals surface area contributed by atoms with E-state index in [4.69, 9.17) is 4.74 Å². The Labute approximate surface area is 118 Å². The number of aryl methyl sites for hydroxylation is 1. The minimum Gasteiger partial charge on any atom is -0.473 e. The number of halogens is 1. The molecule has 0 atom stereocenters. The monoisotopic (exact) mass is 275 g/mol. The molecule has 0 aliphatic rings. The normalized spacial score (nSPS) is 10.3. The molecular weight excluding hydrogens is 257 g/mol. The molecule has 4 nitrogen and oxygen atoms in total. The van der Waals surface area contributed by atoms with Gasteiger partial charge in [0.05, 0.1) is 0 Å². The Morgan fingerprint density at radius 1 is 1.25 bits per heavy atom. The molecule has 0 spiro atoms. The van der Waals surface area contributed by atoms with Crippen molar-refractivity contribution in [3.8, 4) is 5.88 Å². The number of nitrogens with zero attached hydrogens (tertiary/aromatic N) is 2. The average Bonchev–Trinajstić information content (AvgIpc) is 2.44. The molecule has 0 aliphatic carbocycles. The van der Waals surface area contributed by atoms with Crippen LogP contribution in [-0.2, 0) is 6.61 Å². The summed E-state index contributed by atoms with van der Waals surface area (Å²) in [4.78, 5) is 8.52. The van der Waals surface area contributed by atoms with Crippen LogP contribution in [0.3, 0.4) is 0 Å². The van der Waals surface area contributed by atoms with Crippen molar-refractivity contribution in [3.05, 3.63) is 47.4 Å². The highest BCUT2D eigenvalue weighted by Crippen LogP contribution is 2.15. The largest absolute Gasteiger partial charge is 0.473 e. The molecule has 1 heterocycles. The SMILES string of the molecule is CCCNc1nc(C)cc(OCc2ccccc2F)n1. The van der Waals surface area contributed by atoms with E-state index in [9.17, 15) is 4.39 Å². The number of anilines is 1. The highest BCUT2D eigenvalue weighted by atomic mass is 19.1. The second-order valence-electron chi connectivity index (χ2n) is 4.48. The highest BCUT2D eigenvalue weighted by molar-refractivity contribution is 5.30. The van der Waals surface area contributed by atoms with Crippen LogP contribution in [0.25, 0.3) is 0 Å². The van der Waals surface area contributed by atoms with E-state index in [1.807, 2.05) is 6.92 Å². The topological polar surface area (TPSA) is 47.0 Å². The van der Waals surface area contributed by atoms with Gasteiger partial charge in [-0.05, 0) is 19.4 Å². The van der Waals surface area contributed by atoms with E-state index >= 15 is 0 Å². The van der Waals surface area contributed by atoms with Crippen LogP contribution < -0.4 is 10.1 Å². The quantitative estimate of drug-likeness (QED) is 0.878. The average molecular weight is 275 g/mol. The number of benzene rings is 1. The van der Waals surface area contributed by atoms with Gasteiger partial charge >= 0.3 is 0 Å². The molecule has 0 amide bonds. The minimum atomic E-state index is -0.275. The van der Waals surface area contributed by atoms with Gasteiger partial charge in [0, 0.05) is 23.9 Å². The molecule has 0 unspecified atom stereocenters. The summed E-state index contributed by atoms with van der Waals surface area (Å²) in [5.74, 6) is 0.706. The van der Waals surface area contributed by atoms with Gasteiger partial charge in [-0.1, -0.05) is 25.1 Å². The summed E-state index contributed by atoms with van der Waals surface area (Å²) in [6.07, 6.45) is 0.989. The van der Waals surface area contributed by atoms with E-state index in [0.29, 0.717) is 17.4 Å². The van der Waals surface area contributed by atoms with Gasteiger partial charge in [-0.15, -0.1) is 0 Å². The first kappa shape index (κ1) is 14.2. The van der Waals surface area contributed by atoms with Crippen LogP contribution in [0, 0.1) is 12.7 Å². The molecular formula is C15H18FN3O. The second-order valence-corrected chi connectivity index (χ2v) is 4.48. The Morgan fingerprint density at radius 2 is 2.05 bits per heavy atom. The van der Waals surface area contributed by atoms with Gasteiger partial charge in [-0.25, -0.2) is 9.37 Å². The fourth-order valence-corrected chi connectivity index (χ4v) is 1.70. The van der Waals surface area contributed by atoms with Gasteiger partial charge in [0.2, 0.25) is 11.8 Å². The lowest BCUT2D eigenvalue weighted by molar-refractivity contribution is 0.287. The van der Waals surface area contributed by atoms with Gasteiger partial charge < -0.3 is 10.1 Å². The molecule has 2 aromatic rings. The summed E-state index contributed by atoms with van der Waals surface area (Å²) in [5, 5.41) is 3.11. The lowest BCUT2D eigenvalue weighted by Crippen LogP contribution is -2.07. The van der Waals surface area contributed by atoms with Crippen LogP contribution in [0.5, 0.6) is 5.88 Å². The van der Waals surface area contributed by atoms with Crippen LogP contribution >= 0.6 is 0 Å². The molecule has 1 aromatic carbocycles. The highest BCUT2D eigenvalue weighted by Gasteiger charge is 2.05. The molecule has 1 aromatic heterocycles. The predicted molar refractivity (Wildman–Crippen MR) is 76.3 cm³/mol. The standard InChI is InChI=1S/C15H18FN3O/c1-3-8-17-15-18-11(2)9-14(19-15)20-10-12-6-4-5-7-13(12)16/h4-7,9H,3,8,10H2,1-2H3,(H,17,18,19). The van der Waals surface area contributed by atoms with Gasteiger partial charge in [0.1, 0.15) is 12.4 Å². The van der Waals surface area contributed by atoms with Crippen LogP contribution in [-0.4, -0.2) is 16.5 Å². The summed E-state index contributed by atoms with van der Waals surface area (Å²) < 4.78 is 19.0.